The van der Waals surface area contributed by atoms with Gasteiger partial charge in [-0.1, -0.05) is 36.4 Å². The van der Waals surface area contributed by atoms with Crippen molar-refractivity contribution in [2.45, 2.75) is 57.3 Å². The normalized spacial score (nSPS) is 24.9. The van der Waals surface area contributed by atoms with Gasteiger partial charge in [-0.2, -0.15) is 0 Å². The lowest BCUT2D eigenvalue weighted by molar-refractivity contribution is -0.253. The first kappa shape index (κ1) is 25.6. The number of nitrogens with zero attached hydrogens (tertiary/aromatic N) is 1. The lowest BCUT2D eigenvalue weighted by Gasteiger charge is -2.39. The molecular weight excluding hydrogens is 446 g/mol. The van der Waals surface area contributed by atoms with Gasteiger partial charge in [0, 0.05) is 43.9 Å². The number of rotatable bonds is 9. The molecule has 0 spiro atoms. The second-order valence-corrected chi connectivity index (χ2v) is 9.21. The number of urea groups is 1. The second kappa shape index (κ2) is 12.5. The Labute approximate surface area is 207 Å². The van der Waals surface area contributed by atoms with Crippen molar-refractivity contribution in [1.29, 1.82) is 0 Å². The van der Waals surface area contributed by atoms with Crippen LogP contribution in [-0.4, -0.2) is 61.5 Å². The SMILES string of the molecule is CCNC(=O)Nc1cccc([C@H]2O[C@@H](CN3CCC[C@H]3COC)C[C@@H](c3ccc(CO)cc3)O2)c1. The van der Waals surface area contributed by atoms with Crippen molar-refractivity contribution < 1.29 is 24.1 Å². The molecule has 8 heteroatoms. The summed E-state index contributed by atoms with van der Waals surface area (Å²) in [6, 6.07) is 15.7. The lowest BCUT2D eigenvalue weighted by Crippen LogP contribution is -2.42. The summed E-state index contributed by atoms with van der Waals surface area (Å²) in [7, 11) is 1.76. The highest BCUT2D eigenvalue weighted by atomic mass is 16.7. The van der Waals surface area contributed by atoms with E-state index in [4.69, 9.17) is 14.2 Å². The van der Waals surface area contributed by atoms with Crippen LogP contribution in [0.15, 0.2) is 48.5 Å². The van der Waals surface area contributed by atoms with Crippen LogP contribution in [0.3, 0.4) is 0 Å². The number of hydrogen-bond donors (Lipinski definition) is 3. The average Bonchev–Trinajstić information content (AvgIpc) is 3.31. The highest BCUT2D eigenvalue weighted by molar-refractivity contribution is 5.89. The Bertz CT molecular complexity index is 954. The summed E-state index contributed by atoms with van der Waals surface area (Å²) in [6.45, 7) is 5.04. The van der Waals surface area contributed by atoms with E-state index in [0.29, 0.717) is 18.3 Å². The minimum Gasteiger partial charge on any atom is -0.392 e. The number of nitrogens with one attached hydrogen (secondary N) is 2. The summed E-state index contributed by atoms with van der Waals surface area (Å²) in [5.74, 6) is 0. The van der Waals surface area contributed by atoms with Gasteiger partial charge < -0.3 is 30.0 Å². The van der Waals surface area contributed by atoms with Crippen LogP contribution in [0.2, 0.25) is 0 Å². The van der Waals surface area contributed by atoms with E-state index in [2.05, 4.69) is 15.5 Å². The van der Waals surface area contributed by atoms with Gasteiger partial charge in [0.25, 0.3) is 0 Å². The van der Waals surface area contributed by atoms with Gasteiger partial charge in [0.1, 0.15) is 0 Å². The van der Waals surface area contributed by atoms with Gasteiger partial charge in [-0.05, 0) is 49.6 Å². The first-order chi connectivity index (χ1) is 17.1. The number of amides is 2. The van der Waals surface area contributed by atoms with E-state index in [1.54, 1.807) is 7.11 Å². The summed E-state index contributed by atoms with van der Waals surface area (Å²) in [6.07, 6.45) is 2.32. The number of hydrogen-bond acceptors (Lipinski definition) is 6. The fraction of sp³-hybridized carbons (Fsp3) is 0.519. The zero-order valence-corrected chi connectivity index (χ0v) is 20.6. The van der Waals surface area contributed by atoms with Gasteiger partial charge in [0.15, 0.2) is 6.29 Å². The number of aliphatic hydroxyl groups excluding tert-OH is 1. The maximum atomic E-state index is 12.0. The number of likely N-dealkylation sites (tertiary alicyclic amines) is 1. The highest BCUT2D eigenvalue weighted by Gasteiger charge is 2.35. The van der Waals surface area contributed by atoms with E-state index < -0.39 is 6.29 Å². The highest BCUT2D eigenvalue weighted by Crippen LogP contribution is 2.39. The van der Waals surface area contributed by atoms with Crippen molar-refractivity contribution in [2.24, 2.45) is 0 Å². The Kier molecular flexibility index (Phi) is 9.12. The molecule has 4 rings (SSSR count). The monoisotopic (exact) mass is 483 g/mol. The molecule has 190 valence electrons. The van der Waals surface area contributed by atoms with Crippen LogP contribution in [0.4, 0.5) is 10.5 Å². The lowest BCUT2D eigenvalue weighted by atomic mass is 9.99. The fourth-order valence-electron chi connectivity index (χ4n) is 4.91. The Morgan fingerprint density at radius 3 is 2.74 bits per heavy atom. The number of benzene rings is 2. The standard InChI is InChI=1S/C27H37N3O5/c1-3-28-27(32)29-22-7-4-6-21(14-22)26-34-24(16-30-13-5-8-23(30)18-33-2)15-25(35-26)20-11-9-19(17-31)10-12-20/h4,6-7,9-12,14,23-26,31H,3,5,8,13,15-18H2,1-2H3,(H2,28,29,32)/t23-,24+,25-,26-/m0/s1. The van der Waals surface area contributed by atoms with Gasteiger partial charge in [-0.25, -0.2) is 4.79 Å². The van der Waals surface area contributed by atoms with Gasteiger partial charge in [0.05, 0.1) is 25.4 Å². The molecule has 4 atom stereocenters. The third-order valence-electron chi connectivity index (χ3n) is 6.67. The van der Waals surface area contributed by atoms with E-state index in [1.807, 2.05) is 55.5 Å². The molecule has 35 heavy (non-hydrogen) atoms. The minimum absolute atomic E-state index is 0.0153. The van der Waals surface area contributed by atoms with E-state index >= 15 is 0 Å². The maximum absolute atomic E-state index is 12.0. The van der Waals surface area contributed by atoms with Crippen LogP contribution in [0.1, 0.15) is 55.3 Å². The zero-order valence-electron chi connectivity index (χ0n) is 20.6. The summed E-state index contributed by atoms with van der Waals surface area (Å²) < 4.78 is 18.4. The summed E-state index contributed by atoms with van der Waals surface area (Å²) in [5, 5.41) is 15.0. The zero-order chi connectivity index (χ0) is 24.6. The first-order valence-electron chi connectivity index (χ1n) is 12.5. The van der Waals surface area contributed by atoms with Crippen LogP contribution in [0.5, 0.6) is 0 Å². The Morgan fingerprint density at radius 2 is 2.00 bits per heavy atom. The van der Waals surface area contributed by atoms with E-state index in [1.165, 1.54) is 6.42 Å². The Hall–Kier alpha value is -2.49. The predicted molar refractivity (Wildman–Crippen MR) is 134 cm³/mol. The first-order valence-corrected chi connectivity index (χ1v) is 12.5. The number of carbonyl (C=O) groups excluding carboxylic acids is 1. The van der Waals surface area contributed by atoms with E-state index in [0.717, 1.165) is 49.2 Å². The molecule has 2 aliphatic rings. The van der Waals surface area contributed by atoms with Gasteiger partial charge in [-0.15, -0.1) is 0 Å². The molecule has 2 heterocycles. The predicted octanol–water partition coefficient (Wildman–Crippen LogP) is 3.98. The van der Waals surface area contributed by atoms with Crippen molar-refractivity contribution in [3.05, 3.63) is 65.2 Å². The molecule has 2 fully saturated rings. The number of methoxy groups -OCH3 is 1. The van der Waals surface area contributed by atoms with Gasteiger partial charge in [0.2, 0.25) is 0 Å². The van der Waals surface area contributed by atoms with Crippen LogP contribution in [0.25, 0.3) is 0 Å². The molecule has 0 aliphatic carbocycles. The van der Waals surface area contributed by atoms with Crippen molar-refractivity contribution in [3.63, 3.8) is 0 Å². The van der Waals surface area contributed by atoms with Crippen molar-refractivity contribution in [1.82, 2.24) is 10.2 Å². The van der Waals surface area contributed by atoms with Gasteiger partial charge >= 0.3 is 6.03 Å². The van der Waals surface area contributed by atoms with Crippen LogP contribution >= 0.6 is 0 Å². The minimum atomic E-state index is -0.560. The average molecular weight is 484 g/mol. The van der Waals surface area contributed by atoms with Crippen molar-refractivity contribution in [3.8, 4) is 0 Å². The Balaban J connectivity index is 1.54. The topological polar surface area (TPSA) is 92.3 Å². The number of carbonyl (C=O) groups is 1. The molecule has 0 radical (unpaired) electrons. The Morgan fingerprint density at radius 1 is 1.17 bits per heavy atom. The maximum Gasteiger partial charge on any atom is 0.319 e. The van der Waals surface area contributed by atoms with Crippen molar-refractivity contribution >= 4 is 11.7 Å². The molecule has 8 nitrogen and oxygen atoms in total. The summed E-state index contributed by atoms with van der Waals surface area (Å²) in [4.78, 5) is 14.5. The molecule has 2 saturated heterocycles. The van der Waals surface area contributed by atoms with Gasteiger partial charge in [-0.3, -0.25) is 4.90 Å². The molecule has 0 bridgehead atoms. The molecular formula is C27H37N3O5. The fourth-order valence-corrected chi connectivity index (χ4v) is 4.91. The molecule has 3 N–H and O–H groups in total. The quantitative estimate of drug-likeness (QED) is 0.500. The molecule has 0 unspecified atom stereocenters. The largest absolute Gasteiger partial charge is 0.392 e. The third-order valence-corrected chi connectivity index (χ3v) is 6.67. The van der Waals surface area contributed by atoms with E-state index in [-0.39, 0.29) is 24.8 Å². The van der Waals surface area contributed by atoms with E-state index in [9.17, 15) is 9.90 Å². The molecule has 0 aromatic heterocycles. The van der Waals surface area contributed by atoms with Crippen molar-refractivity contribution in [2.75, 3.05) is 38.7 Å². The number of ether oxygens (including phenoxy) is 3. The smallest absolute Gasteiger partial charge is 0.319 e. The van der Waals surface area contributed by atoms with Crippen LogP contribution < -0.4 is 10.6 Å². The molecule has 2 aromatic rings. The van der Waals surface area contributed by atoms with Crippen LogP contribution in [-0.2, 0) is 20.8 Å². The molecule has 0 saturated carbocycles. The molecule has 2 amide bonds. The van der Waals surface area contributed by atoms with Crippen LogP contribution in [0, 0.1) is 0 Å². The number of anilines is 1. The number of aliphatic hydroxyl groups is 1. The molecule has 2 aromatic carbocycles. The third kappa shape index (κ3) is 6.80. The molecule has 2 aliphatic heterocycles. The summed E-state index contributed by atoms with van der Waals surface area (Å²) in [5.41, 5.74) is 3.48. The summed E-state index contributed by atoms with van der Waals surface area (Å²) >= 11 is 0. The second-order valence-electron chi connectivity index (χ2n) is 9.21.